The minimum atomic E-state index is -1.05. The molecule has 0 aromatic heterocycles. The van der Waals surface area contributed by atoms with Crippen LogP contribution in [-0.2, 0) is 4.79 Å². The highest BCUT2D eigenvalue weighted by atomic mass is 28.3. The molecule has 0 unspecified atom stereocenters. The van der Waals surface area contributed by atoms with Crippen LogP contribution in [-0.4, -0.2) is 38.1 Å². The highest BCUT2D eigenvalue weighted by Gasteiger charge is 2.11. The molecule has 0 aliphatic heterocycles. The lowest BCUT2D eigenvalue weighted by molar-refractivity contribution is -0.135. The van der Waals surface area contributed by atoms with E-state index in [0.29, 0.717) is 5.56 Å². The maximum atomic E-state index is 11.8. The van der Waals surface area contributed by atoms with Gasteiger partial charge in [0.25, 0.3) is 5.91 Å². The summed E-state index contributed by atoms with van der Waals surface area (Å²) in [5.41, 5.74) is 1.46. The molecule has 0 fully saturated rings. The van der Waals surface area contributed by atoms with Gasteiger partial charge in [0, 0.05) is 25.9 Å². The first kappa shape index (κ1) is 28.2. The maximum Gasteiger partial charge on any atom is 0.322 e. The summed E-state index contributed by atoms with van der Waals surface area (Å²) in [6.07, 6.45) is 16.4. The first-order valence-corrected chi connectivity index (χ1v) is 16.3. The number of anilines is 1. The van der Waals surface area contributed by atoms with Gasteiger partial charge in [0.1, 0.15) is 6.54 Å². The Balaban J connectivity index is 1.91. The van der Waals surface area contributed by atoms with Crippen LogP contribution < -0.4 is 10.6 Å². The predicted molar refractivity (Wildman–Crippen MR) is 138 cm³/mol. The zero-order valence-corrected chi connectivity index (χ0v) is 21.7. The van der Waals surface area contributed by atoms with Gasteiger partial charge in [-0.2, -0.15) is 0 Å². The normalized spacial score (nSPS) is 11.3. The van der Waals surface area contributed by atoms with E-state index in [1.54, 1.807) is 12.1 Å². The van der Waals surface area contributed by atoms with Crippen LogP contribution in [0, 0.1) is 0 Å². The Morgan fingerprint density at radius 3 is 1.69 bits per heavy atom. The second-order valence-electron chi connectivity index (χ2n) is 10.1. The van der Waals surface area contributed by atoms with Crippen molar-refractivity contribution in [1.29, 1.82) is 0 Å². The highest BCUT2D eigenvalue weighted by Crippen LogP contribution is 2.16. The largest absolute Gasteiger partial charge is 0.480 e. The van der Waals surface area contributed by atoms with Gasteiger partial charge in [0.15, 0.2) is 0 Å². The molecular formula is C26H46N2O3Si. The molecule has 0 saturated heterocycles. The van der Waals surface area contributed by atoms with Gasteiger partial charge in [-0.05, 0) is 30.7 Å². The molecule has 32 heavy (non-hydrogen) atoms. The molecule has 182 valence electrons. The van der Waals surface area contributed by atoms with E-state index in [1.165, 1.54) is 76.7 Å². The van der Waals surface area contributed by atoms with E-state index in [9.17, 15) is 9.59 Å². The summed E-state index contributed by atoms with van der Waals surface area (Å²) in [6.45, 7) is 7.99. The summed E-state index contributed by atoms with van der Waals surface area (Å²) >= 11 is 0. The van der Waals surface area contributed by atoms with Gasteiger partial charge in [-0.25, -0.2) is 0 Å². The van der Waals surface area contributed by atoms with Crippen molar-refractivity contribution < 1.29 is 14.7 Å². The monoisotopic (exact) mass is 462 g/mol. The first-order chi connectivity index (χ1) is 15.3. The number of carbonyl (C=O) groups is 2. The summed E-state index contributed by atoms with van der Waals surface area (Å²) in [4.78, 5) is 22.3. The Hall–Kier alpha value is -1.82. The fraction of sp³-hybridized carbons (Fsp3) is 0.692. The molecule has 1 rings (SSSR count). The van der Waals surface area contributed by atoms with Crippen molar-refractivity contribution >= 4 is 25.6 Å². The molecule has 0 saturated carbocycles. The Kier molecular flexibility index (Phi) is 14.8. The lowest BCUT2D eigenvalue weighted by atomic mass is 10.1. The van der Waals surface area contributed by atoms with Crippen molar-refractivity contribution in [3.63, 3.8) is 0 Å². The van der Waals surface area contributed by atoms with Crippen LogP contribution in [0.1, 0.15) is 87.4 Å². The minimum Gasteiger partial charge on any atom is -0.480 e. The van der Waals surface area contributed by atoms with Gasteiger partial charge in [-0.15, -0.1) is 0 Å². The van der Waals surface area contributed by atoms with Crippen LogP contribution >= 0.6 is 0 Å². The summed E-state index contributed by atoms with van der Waals surface area (Å²) in [7, 11) is -0.821. The summed E-state index contributed by atoms with van der Waals surface area (Å²) in [6, 6.07) is 8.65. The summed E-state index contributed by atoms with van der Waals surface area (Å²) in [5, 5.41) is 14.4. The van der Waals surface area contributed by atoms with Crippen LogP contribution in [0.2, 0.25) is 25.7 Å². The van der Waals surface area contributed by atoms with Crippen molar-refractivity contribution in [2.24, 2.45) is 0 Å². The van der Waals surface area contributed by atoms with Crippen molar-refractivity contribution in [1.82, 2.24) is 5.32 Å². The number of hydrogen-bond donors (Lipinski definition) is 3. The van der Waals surface area contributed by atoms with Crippen LogP contribution in [0.15, 0.2) is 24.3 Å². The maximum absolute atomic E-state index is 11.8. The Morgan fingerprint density at radius 1 is 0.750 bits per heavy atom. The van der Waals surface area contributed by atoms with Gasteiger partial charge in [0.2, 0.25) is 0 Å². The smallest absolute Gasteiger partial charge is 0.322 e. The molecule has 1 aromatic rings. The van der Waals surface area contributed by atoms with Gasteiger partial charge >= 0.3 is 5.97 Å². The number of carbonyl (C=O) groups excluding carboxylic acids is 1. The van der Waals surface area contributed by atoms with Gasteiger partial charge in [-0.3, -0.25) is 9.59 Å². The zero-order chi connectivity index (χ0) is 23.7. The summed E-state index contributed by atoms with van der Waals surface area (Å²) < 4.78 is 0. The van der Waals surface area contributed by atoms with Gasteiger partial charge < -0.3 is 15.7 Å². The number of rotatable bonds is 19. The molecule has 5 nitrogen and oxygen atoms in total. The molecule has 0 bridgehead atoms. The second-order valence-corrected chi connectivity index (χ2v) is 15.8. The molecule has 0 radical (unpaired) electrons. The average Bonchev–Trinajstić information content (AvgIpc) is 2.74. The molecule has 0 aliphatic rings. The first-order valence-electron chi connectivity index (χ1n) is 12.6. The van der Waals surface area contributed by atoms with Gasteiger partial charge in [-0.1, -0.05) is 96.3 Å². The van der Waals surface area contributed by atoms with Gasteiger partial charge in [0.05, 0.1) is 0 Å². The van der Waals surface area contributed by atoms with E-state index < -0.39 is 14.0 Å². The Labute approximate surface area is 196 Å². The van der Waals surface area contributed by atoms with Crippen LogP contribution in [0.3, 0.4) is 0 Å². The predicted octanol–water partition coefficient (Wildman–Crippen LogP) is 6.93. The molecule has 3 N–H and O–H groups in total. The number of aliphatic carboxylic acids is 1. The van der Waals surface area contributed by atoms with E-state index in [2.05, 4.69) is 30.3 Å². The molecule has 6 heteroatoms. The molecular weight excluding hydrogens is 416 g/mol. The van der Waals surface area contributed by atoms with E-state index in [-0.39, 0.29) is 12.5 Å². The molecule has 0 heterocycles. The van der Waals surface area contributed by atoms with Crippen molar-refractivity contribution in [3.05, 3.63) is 29.8 Å². The number of carboxylic acid groups (broad SMARTS) is 1. The van der Waals surface area contributed by atoms with E-state index in [0.717, 1.165) is 18.7 Å². The van der Waals surface area contributed by atoms with Crippen molar-refractivity contribution in [3.8, 4) is 0 Å². The van der Waals surface area contributed by atoms with Crippen LogP contribution in [0.5, 0.6) is 0 Å². The topological polar surface area (TPSA) is 78.4 Å². The fourth-order valence-corrected chi connectivity index (χ4v) is 5.09. The Morgan fingerprint density at radius 2 is 1.22 bits per heavy atom. The standard InChI is InChI=1S/C26H46N2O3Si/c1-32(2,3)21-15-13-11-9-7-5-4-6-8-10-12-14-20-27-24-18-16-23(17-19-24)26(31)28-22-25(29)30/h16-19,27H,4-15,20-22H2,1-3H3,(H,28,31)(H,29,30). The third-order valence-electron chi connectivity index (χ3n) is 5.73. The average molecular weight is 463 g/mol. The van der Waals surface area contributed by atoms with Crippen LogP contribution in [0.25, 0.3) is 0 Å². The lowest BCUT2D eigenvalue weighted by Crippen LogP contribution is -2.29. The van der Waals surface area contributed by atoms with E-state index in [1.807, 2.05) is 12.1 Å². The number of hydrogen-bond acceptors (Lipinski definition) is 3. The fourth-order valence-electron chi connectivity index (χ4n) is 3.78. The van der Waals surface area contributed by atoms with E-state index in [4.69, 9.17) is 5.11 Å². The lowest BCUT2D eigenvalue weighted by Gasteiger charge is -2.14. The zero-order valence-electron chi connectivity index (χ0n) is 20.7. The number of amides is 1. The number of benzene rings is 1. The second kappa shape index (κ2) is 16.8. The molecule has 0 spiro atoms. The van der Waals surface area contributed by atoms with E-state index >= 15 is 0 Å². The molecule has 0 aliphatic carbocycles. The minimum absolute atomic E-state index is 0.363. The summed E-state index contributed by atoms with van der Waals surface area (Å²) in [5.74, 6) is -1.41. The van der Waals surface area contributed by atoms with Crippen molar-refractivity contribution in [2.45, 2.75) is 103 Å². The SMILES string of the molecule is C[Si](C)(C)CCCCCCCCCCCCCCNc1ccc(C(=O)NCC(=O)O)cc1. The number of unbranched alkanes of at least 4 members (excludes halogenated alkanes) is 11. The molecule has 1 amide bonds. The molecule has 1 aromatic carbocycles. The van der Waals surface area contributed by atoms with Crippen molar-refractivity contribution in [2.75, 3.05) is 18.4 Å². The number of carboxylic acids is 1. The third kappa shape index (κ3) is 15.9. The Bertz CT molecular complexity index is 641. The third-order valence-corrected chi connectivity index (χ3v) is 7.58. The quantitative estimate of drug-likeness (QED) is 0.154. The highest BCUT2D eigenvalue weighted by molar-refractivity contribution is 6.76. The molecule has 0 atom stereocenters. The van der Waals surface area contributed by atoms with Crippen LogP contribution in [0.4, 0.5) is 5.69 Å². The number of nitrogens with one attached hydrogen (secondary N) is 2.